The lowest BCUT2D eigenvalue weighted by atomic mass is 9.96. The Balaban J connectivity index is 1.55. The molecular weight excluding hydrogens is 470 g/mol. The van der Waals surface area contributed by atoms with Crippen molar-refractivity contribution in [3.05, 3.63) is 70.2 Å². The number of nitrogens with one attached hydrogen (secondary N) is 1. The Morgan fingerprint density at radius 2 is 1.80 bits per heavy atom. The third kappa shape index (κ3) is 5.34. The molecule has 4 rings (SSSR count). The number of amides is 3. The first-order chi connectivity index (χ1) is 16.8. The van der Waals surface area contributed by atoms with Gasteiger partial charge < -0.3 is 19.7 Å². The summed E-state index contributed by atoms with van der Waals surface area (Å²) < 4.78 is 11.2. The fourth-order valence-corrected chi connectivity index (χ4v) is 4.85. The largest absolute Gasteiger partial charge is 0.383 e. The van der Waals surface area contributed by atoms with E-state index in [1.54, 1.807) is 53.3 Å². The molecule has 3 amide bonds. The highest BCUT2D eigenvalue weighted by Crippen LogP contribution is 2.39. The highest BCUT2D eigenvalue weighted by atomic mass is 35.5. The second kappa shape index (κ2) is 10.8. The number of halogens is 1. The van der Waals surface area contributed by atoms with Crippen LogP contribution in [-0.4, -0.2) is 79.2 Å². The van der Waals surface area contributed by atoms with Crippen LogP contribution in [0.4, 0.5) is 0 Å². The molecule has 2 heterocycles. The molecule has 1 spiro atoms. The first kappa shape index (κ1) is 25.2. The van der Waals surface area contributed by atoms with Crippen LogP contribution in [0.2, 0.25) is 5.02 Å². The number of methoxy groups -OCH3 is 1. The summed E-state index contributed by atoms with van der Waals surface area (Å²) in [5.41, 5.74) is 1.09. The molecule has 2 saturated heterocycles. The SMILES string of the molecule is COCCNC(=O)[C@@H]1COC2(CCN(C(=O)c3cccc(Cl)c3)CC2)N1C(=O)c1ccc(C)cc1. The predicted octanol–water partition coefficient (Wildman–Crippen LogP) is 2.88. The lowest BCUT2D eigenvalue weighted by molar-refractivity contribution is -0.128. The minimum atomic E-state index is -0.962. The van der Waals surface area contributed by atoms with Gasteiger partial charge in [-0.1, -0.05) is 35.4 Å². The van der Waals surface area contributed by atoms with E-state index in [-0.39, 0.29) is 24.3 Å². The molecule has 0 saturated carbocycles. The number of ether oxygens (including phenoxy) is 2. The standard InChI is InChI=1S/C26H30ClN3O5/c1-18-6-8-19(9-7-18)25(33)30-22(23(31)28-12-15-34-2)17-35-26(30)10-13-29(14-11-26)24(32)20-4-3-5-21(27)16-20/h3-9,16,22H,10-15,17H2,1-2H3,(H,28,31)/t22-/m0/s1. The summed E-state index contributed by atoms with van der Waals surface area (Å²) in [6.07, 6.45) is 0.803. The van der Waals surface area contributed by atoms with E-state index in [2.05, 4.69) is 5.32 Å². The molecule has 0 aromatic heterocycles. The number of benzene rings is 2. The summed E-state index contributed by atoms with van der Waals surface area (Å²) >= 11 is 6.06. The molecule has 2 fully saturated rings. The normalized spacial score (nSPS) is 19.1. The molecule has 186 valence electrons. The number of likely N-dealkylation sites (tertiary alicyclic amines) is 1. The van der Waals surface area contributed by atoms with Crippen molar-refractivity contribution in [2.75, 3.05) is 40.0 Å². The van der Waals surface area contributed by atoms with Crippen LogP contribution in [0.25, 0.3) is 0 Å². The van der Waals surface area contributed by atoms with Gasteiger partial charge in [-0.25, -0.2) is 0 Å². The molecule has 0 radical (unpaired) electrons. The van der Waals surface area contributed by atoms with Crippen molar-refractivity contribution >= 4 is 29.3 Å². The first-order valence-electron chi connectivity index (χ1n) is 11.7. The first-order valence-corrected chi connectivity index (χ1v) is 12.1. The van der Waals surface area contributed by atoms with Crippen LogP contribution in [0.15, 0.2) is 48.5 Å². The summed E-state index contributed by atoms with van der Waals surface area (Å²) in [6, 6.07) is 13.4. The van der Waals surface area contributed by atoms with Gasteiger partial charge in [-0.15, -0.1) is 0 Å². The molecule has 2 aliphatic heterocycles. The smallest absolute Gasteiger partial charge is 0.256 e. The van der Waals surface area contributed by atoms with Crippen LogP contribution >= 0.6 is 11.6 Å². The summed E-state index contributed by atoms with van der Waals surface area (Å²) in [6.45, 7) is 3.54. The molecule has 8 nitrogen and oxygen atoms in total. The Morgan fingerprint density at radius 3 is 2.46 bits per heavy atom. The van der Waals surface area contributed by atoms with Crippen molar-refractivity contribution in [1.82, 2.24) is 15.1 Å². The molecule has 2 aliphatic rings. The van der Waals surface area contributed by atoms with Crippen LogP contribution < -0.4 is 5.32 Å². The quantitative estimate of drug-likeness (QED) is 0.617. The van der Waals surface area contributed by atoms with E-state index >= 15 is 0 Å². The average Bonchev–Trinajstić information content (AvgIpc) is 3.22. The molecule has 9 heteroatoms. The van der Waals surface area contributed by atoms with Gasteiger partial charge in [-0.2, -0.15) is 0 Å². The molecule has 35 heavy (non-hydrogen) atoms. The van der Waals surface area contributed by atoms with Crippen molar-refractivity contribution < 1.29 is 23.9 Å². The van der Waals surface area contributed by atoms with E-state index in [0.717, 1.165) is 5.56 Å². The Bertz CT molecular complexity index is 1080. The third-order valence-corrected chi connectivity index (χ3v) is 6.82. The van der Waals surface area contributed by atoms with Crippen molar-refractivity contribution in [2.24, 2.45) is 0 Å². The monoisotopic (exact) mass is 499 g/mol. The molecule has 1 N–H and O–H groups in total. The van der Waals surface area contributed by atoms with Crippen molar-refractivity contribution in [1.29, 1.82) is 0 Å². The third-order valence-electron chi connectivity index (χ3n) is 6.59. The van der Waals surface area contributed by atoms with Crippen molar-refractivity contribution in [3.63, 3.8) is 0 Å². The molecule has 0 aliphatic carbocycles. The van der Waals surface area contributed by atoms with E-state index in [9.17, 15) is 14.4 Å². The van der Waals surface area contributed by atoms with Crippen LogP contribution in [0, 0.1) is 6.92 Å². The van der Waals surface area contributed by atoms with Crippen LogP contribution in [0.3, 0.4) is 0 Å². The minimum Gasteiger partial charge on any atom is -0.383 e. The number of aryl methyl sites for hydroxylation is 1. The Labute approximate surface area is 210 Å². The molecular formula is C26H30ClN3O5. The fraction of sp³-hybridized carbons (Fsp3) is 0.423. The van der Waals surface area contributed by atoms with E-state index in [0.29, 0.717) is 55.2 Å². The number of hydrogen-bond acceptors (Lipinski definition) is 5. The predicted molar refractivity (Wildman–Crippen MR) is 131 cm³/mol. The van der Waals surface area contributed by atoms with E-state index < -0.39 is 11.8 Å². The molecule has 0 unspecified atom stereocenters. The van der Waals surface area contributed by atoms with Crippen LogP contribution in [-0.2, 0) is 14.3 Å². The molecule has 1 atom stereocenters. The van der Waals surface area contributed by atoms with Crippen LogP contribution in [0.1, 0.15) is 39.1 Å². The lowest BCUT2D eigenvalue weighted by Crippen LogP contribution is -2.60. The van der Waals surface area contributed by atoms with Gasteiger partial charge in [-0.3, -0.25) is 19.3 Å². The van der Waals surface area contributed by atoms with Crippen molar-refractivity contribution in [2.45, 2.75) is 31.5 Å². The van der Waals surface area contributed by atoms with Gasteiger partial charge in [0.1, 0.15) is 11.8 Å². The molecule has 0 bridgehead atoms. The maximum atomic E-state index is 13.7. The zero-order valence-electron chi connectivity index (χ0n) is 20.0. The number of rotatable bonds is 6. The average molecular weight is 500 g/mol. The number of nitrogens with zero attached hydrogens (tertiary/aromatic N) is 2. The second-order valence-corrected chi connectivity index (χ2v) is 9.34. The number of carbonyl (C=O) groups excluding carboxylic acids is 3. The Morgan fingerprint density at radius 1 is 1.09 bits per heavy atom. The van der Waals surface area contributed by atoms with Crippen LogP contribution in [0.5, 0.6) is 0 Å². The van der Waals surface area contributed by atoms with Gasteiger partial charge in [0, 0.05) is 55.7 Å². The highest BCUT2D eigenvalue weighted by molar-refractivity contribution is 6.30. The maximum Gasteiger partial charge on any atom is 0.256 e. The summed E-state index contributed by atoms with van der Waals surface area (Å²) in [5, 5.41) is 3.33. The number of carbonyl (C=O) groups is 3. The zero-order valence-corrected chi connectivity index (χ0v) is 20.7. The minimum absolute atomic E-state index is 0.0959. The molecule has 2 aromatic rings. The lowest BCUT2D eigenvalue weighted by Gasteiger charge is -2.44. The Hall–Kier alpha value is -2.94. The van der Waals surface area contributed by atoms with E-state index in [4.69, 9.17) is 21.1 Å². The summed E-state index contributed by atoms with van der Waals surface area (Å²) in [7, 11) is 1.56. The summed E-state index contributed by atoms with van der Waals surface area (Å²) in [5.74, 6) is -0.661. The fourth-order valence-electron chi connectivity index (χ4n) is 4.66. The van der Waals surface area contributed by atoms with Crippen molar-refractivity contribution in [3.8, 4) is 0 Å². The van der Waals surface area contributed by atoms with Gasteiger partial charge in [0.05, 0.1) is 13.2 Å². The van der Waals surface area contributed by atoms with Gasteiger partial charge in [0.15, 0.2) is 0 Å². The van der Waals surface area contributed by atoms with Gasteiger partial charge in [0.25, 0.3) is 11.8 Å². The van der Waals surface area contributed by atoms with E-state index in [1.807, 2.05) is 19.1 Å². The zero-order chi connectivity index (χ0) is 25.0. The van der Waals surface area contributed by atoms with Gasteiger partial charge >= 0.3 is 0 Å². The summed E-state index contributed by atoms with van der Waals surface area (Å²) in [4.78, 5) is 43.0. The highest BCUT2D eigenvalue weighted by Gasteiger charge is 2.54. The second-order valence-electron chi connectivity index (χ2n) is 8.90. The van der Waals surface area contributed by atoms with Gasteiger partial charge in [0.2, 0.25) is 5.91 Å². The molecule has 2 aromatic carbocycles. The Kier molecular flexibility index (Phi) is 7.74. The maximum absolute atomic E-state index is 13.7. The number of hydrogen-bond donors (Lipinski definition) is 1. The number of piperidine rings is 1. The topological polar surface area (TPSA) is 88.2 Å². The van der Waals surface area contributed by atoms with Gasteiger partial charge in [-0.05, 0) is 37.3 Å². The van der Waals surface area contributed by atoms with E-state index in [1.165, 1.54) is 0 Å².